The molecule has 0 saturated carbocycles. The summed E-state index contributed by atoms with van der Waals surface area (Å²) in [7, 11) is 0. The SMILES string of the molecule is CCC[CH2][Sn+2][CH2]CCC.O=C([O-])C(S)(CCCl)CCCl.O=C([O-])C(S)(CCCl)CCCl. The van der Waals surface area contributed by atoms with E-state index in [1.54, 1.807) is 8.87 Å². The molecule has 0 unspecified atom stereocenters. The maximum absolute atomic E-state index is 10.5. The normalized spacial score (nSPS) is 10.8. The van der Waals surface area contributed by atoms with Gasteiger partial charge in [-0.15, -0.1) is 46.4 Å². The quantitative estimate of drug-likeness (QED) is 0.111. The largest absolute Gasteiger partial charge is 0.549 e. The van der Waals surface area contributed by atoms with Crippen molar-refractivity contribution in [3.63, 3.8) is 0 Å². The molecule has 0 aliphatic rings. The van der Waals surface area contributed by atoms with E-state index >= 15 is 0 Å². The molecule has 0 aromatic carbocycles. The first-order valence-corrected chi connectivity index (χ1v) is 17.4. The molecule has 0 bridgehead atoms. The number of carbonyl (C=O) groups excluding carboxylic acids is 2. The van der Waals surface area contributed by atoms with E-state index in [0.717, 1.165) is 0 Å². The smallest absolute Gasteiger partial charge is 0.0573 e. The monoisotopic (exact) mass is 664 g/mol. The van der Waals surface area contributed by atoms with Crippen LogP contribution in [-0.2, 0) is 9.59 Å². The van der Waals surface area contributed by atoms with Gasteiger partial charge in [0.1, 0.15) is 0 Å². The molecule has 0 heterocycles. The van der Waals surface area contributed by atoms with E-state index in [2.05, 4.69) is 39.1 Å². The molecule has 11 heteroatoms. The van der Waals surface area contributed by atoms with Gasteiger partial charge in [-0.25, -0.2) is 0 Å². The van der Waals surface area contributed by atoms with E-state index in [0.29, 0.717) is 0 Å². The van der Waals surface area contributed by atoms with Gasteiger partial charge >= 0.3 is 69.5 Å². The second-order valence-corrected chi connectivity index (χ2v) is 14.4. The van der Waals surface area contributed by atoms with Crippen molar-refractivity contribution in [1.82, 2.24) is 0 Å². The number of carboxylic acids is 2. The summed E-state index contributed by atoms with van der Waals surface area (Å²) in [6.45, 7) is 4.58. The third-order valence-corrected chi connectivity index (χ3v) is 10.3. The van der Waals surface area contributed by atoms with Crippen LogP contribution < -0.4 is 10.2 Å². The second kappa shape index (κ2) is 24.7. The van der Waals surface area contributed by atoms with Crippen molar-refractivity contribution in [2.75, 3.05) is 23.5 Å². The minimum atomic E-state index is -1.21. The molecule has 31 heavy (non-hydrogen) atoms. The van der Waals surface area contributed by atoms with Crippen LogP contribution in [0.1, 0.15) is 65.2 Å². The Kier molecular flexibility index (Phi) is 29.6. The van der Waals surface area contributed by atoms with Crippen LogP contribution in [0, 0.1) is 0 Å². The summed E-state index contributed by atoms with van der Waals surface area (Å²) in [5.41, 5.74) is 0. The minimum absolute atomic E-state index is 0.149. The molecule has 0 spiro atoms. The zero-order valence-electron chi connectivity index (χ0n) is 18.4. The Balaban J connectivity index is -0.000000382. The van der Waals surface area contributed by atoms with E-state index in [-0.39, 0.29) is 70.3 Å². The van der Waals surface area contributed by atoms with Gasteiger partial charge in [0.25, 0.3) is 0 Å². The van der Waals surface area contributed by atoms with Crippen LogP contribution in [0.3, 0.4) is 0 Å². The number of rotatable bonds is 16. The topological polar surface area (TPSA) is 80.3 Å². The molecular weight excluding hydrogens is 629 g/mol. The fourth-order valence-electron chi connectivity index (χ4n) is 2.01. The van der Waals surface area contributed by atoms with Gasteiger partial charge in [0.2, 0.25) is 0 Å². The van der Waals surface area contributed by atoms with Crippen molar-refractivity contribution in [1.29, 1.82) is 0 Å². The molecule has 0 radical (unpaired) electrons. The molecule has 0 fully saturated rings. The van der Waals surface area contributed by atoms with Crippen LogP contribution in [0.25, 0.3) is 0 Å². The fourth-order valence-corrected chi connectivity index (χ4v) is 8.44. The molecule has 0 rings (SSSR count). The van der Waals surface area contributed by atoms with Crippen LogP contribution >= 0.6 is 71.7 Å². The Morgan fingerprint density at radius 2 is 0.968 bits per heavy atom. The fraction of sp³-hybridized carbons (Fsp3) is 0.900. The van der Waals surface area contributed by atoms with Gasteiger partial charge in [-0.2, -0.15) is 25.3 Å². The number of aliphatic carboxylic acids is 2. The first kappa shape index (κ1) is 37.2. The van der Waals surface area contributed by atoms with Crippen LogP contribution in [-0.4, -0.2) is 66.1 Å². The molecule has 0 aromatic heterocycles. The molecule has 4 nitrogen and oxygen atoms in total. The first-order valence-electron chi connectivity index (χ1n) is 10.4. The summed E-state index contributed by atoms with van der Waals surface area (Å²) >= 11 is 29.6. The average Bonchev–Trinajstić information content (AvgIpc) is 2.69. The Morgan fingerprint density at radius 1 is 0.710 bits per heavy atom. The zero-order valence-corrected chi connectivity index (χ0v) is 26.1. The Morgan fingerprint density at radius 3 is 1.13 bits per heavy atom. The number of thiol groups is 2. The molecule has 0 aliphatic heterocycles. The van der Waals surface area contributed by atoms with Crippen LogP contribution in [0.2, 0.25) is 8.87 Å². The number of hydrogen-bond acceptors (Lipinski definition) is 6. The van der Waals surface area contributed by atoms with E-state index in [9.17, 15) is 19.8 Å². The Labute approximate surface area is 229 Å². The Hall–Kier alpha value is 1.60. The molecule has 0 atom stereocenters. The van der Waals surface area contributed by atoms with Crippen molar-refractivity contribution in [2.24, 2.45) is 0 Å². The van der Waals surface area contributed by atoms with Gasteiger partial charge in [-0.1, -0.05) is 0 Å². The summed E-state index contributed by atoms with van der Waals surface area (Å²) in [6.07, 6.45) is 6.92. The van der Waals surface area contributed by atoms with Crippen LogP contribution in [0.5, 0.6) is 0 Å². The number of carbonyl (C=O) groups is 2. The summed E-state index contributed by atoms with van der Waals surface area (Å²) in [5, 5.41) is 21.0. The van der Waals surface area contributed by atoms with Crippen molar-refractivity contribution < 1.29 is 19.8 Å². The molecule has 0 N–H and O–H groups in total. The van der Waals surface area contributed by atoms with E-state index in [1.807, 2.05) is 0 Å². The van der Waals surface area contributed by atoms with Crippen molar-refractivity contribution in [3.05, 3.63) is 0 Å². The van der Waals surface area contributed by atoms with Gasteiger partial charge in [-0.3, -0.25) is 0 Å². The molecule has 0 aromatic rings. The number of halogens is 4. The summed E-state index contributed by atoms with van der Waals surface area (Å²) in [5.74, 6) is -1.44. The number of carboxylic acid groups (broad SMARTS) is 2. The number of unbranched alkanes of at least 4 members (excludes halogenated alkanes) is 2. The van der Waals surface area contributed by atoms with Crippen molar-refractivity contribution >= 4 is 105 Å². The molecule has 184 valence electrons. The van der Waals surface area contributed by atoms with E-state index < -0.39 is 21.4 Å². The summed E-state index contributed by atoms with van der Waals surface area (Å²) in [4.78, 5) is 21.0. The van der Waals surface area contributed by atoms with Gasteiger partial charge < -0.3 is 19.8 Å². The second-order valence-electron chi connectivity index (χ2n) is 6.85. The van der Waals surface area contributed by atoms with Crippen LogP contribution in [0.4, 0.5) is 0 Å². The van der Waals surface area contributed by atoms with Gasteiger partial charge in [-0.05, 0) is 25.7 Å². The summed E-state index contributed by atoms with van der Waals surface area (Å²) < 4.78 is 0.923. The van der Waals surface area contributed by atoms with Gasteiger partial charge in [0.15, 0.2) is 0 Å². The molecule has 0 saturated heterocycles. The maximum atomic E-state index is 10.5. The standard InChI is InChI=1S/2C6H10Cl2O2S.2C4H9.Sn/c2*7-3-1-6(11,2-4-8)5(9)10;2*1-3-4-2;/h2*11H,1-4H2,(H,9,10);2*1,3-4H2,2H3;/q;;;;+2/p-2. The first-order chi connectivity index (χ1) is 14.5. The zero-order chi connectivity index (χ0) is 24.8. The average molecular weight is 665 g/mol. The molecular formula is C20H36Cl4O4S2Sn. The number of hydrogen-bond donors (Lipinski definition) is 2. The molecule has 0 amide bonds. The Bertz CT molecular complexity index is 399. The third kappa shape index (κ3) is 21.8. The van der Waals surface area contributed by atoms with Crippen LogP contribution in [0.15, 0.2) is 0 Å². The third-order valence-electron chi connectivity index (χ3n) is 4.21. The van der Waals surface area contributed by atoms with Gasteiger partial charge in [0, 0.05) is 23.5 Å². The molecule has 0 aliphatic carbocycles. The minimum Gasteiger partial charge on any atom is -0.549 e. The predicted octanol–water partition coefficient (Wildman–Crippen LogP) is 4.45. The van der Waals surface area contributed by atoms with Gasteiger partial charge in [0.05, 0.1) is 21.4 Å². The van der Waals surface area contributed by atoms with Crippen molar-refractivity contribution in [2.45, 2.75) is 83.6 Å². The maximum Gasteiger partial charge on any atom is 0.0573 e. The summed E-state index contributed by atoms with van der Waals surface area (Å²) in [6, 6.07) is 0. The van der Waals surface area contributed by atoms with E-state index in [4.69, 9.17) is 46.4 Å². The predicted molar refractivity (Wildman–Crippen MR) is 140 cm³/mol. The van der Waals surface area contributed by atoms with Crippen molar-refractivity contribution in [3.8, 4) is 0 Å². The number of alkyl halides is 4. The van der Waals surface area contributed by atoms with E-state index in [1.165, 1.54) is 25.7 Å².